The second-order valence-electron chi connectivity index (χ2n) is 9.07. The molecule has 202 valence electrons. The SMILES string of the molecule is CCNC(=O)[C@H](CC)N(Cc1ccccc1C)C(=O)CN(c1ccc(Cl)cc1)S(=O)(=O)c1ccc(C)cc1. The summed E-state index contributed by atoms with van der Waals surface area (Å²) in [4.78, 5) is 28.5. The van der Waals surface area contributed by atoms with Gasteiger partial charge in [-0.25, -0.2) is 8.42 Å². The quantitative estimate of drug-likeness (QED) is 0.357. The van der Waals surface area contributed by atoms with Crippen LogP contribution in [0.15, 0.2) is 77.7 Å². The van der Waals surface area contributed by atoms with Gasteiger partial charge in [0.05, 0.1) is 10.6 Å². The molecule has 7 nitrogen and oxygen atoms in total. The van der Waals surface area contributed by atoms with Crippen LogP contribution >= 0.6 is 11.6 Å². The first-order valence-electron chi connectivity index (χ1n) is 12.5. The summed E-state index contributed by atoms with van der Waals surface area (Å²) in [6.07, 6.45) is 0.370. The lowest BCUT2D eigenvalue weighted by Gasteiger charge is -2.33. The Labute approximate surface area is 230 Å². The number of likely N-dealkylation sites (N-methyl/N-ethyl adjacent to an activating group) is 1. The molecule has 0 fully saturated rings. The lowest BCUT2D eigenvalue weighted by Crippen LogP contribution is -2.52. The molecule has 3 rings (SSSR count). The van der Waals surface area contributed by atoms with Crippen LogP contribution in [0.3, 0.4) is 0 Å². The fourth-order valence-electron chi connectivity index (χ4n) is 4.16. The molecular weight excluding hydrogens is 522 g/mol. The van der Waals surface area contributed by atoms with Gasteiger partial charge >= 0.3 is 0 Å². The lowest BCUT2D eigenvalue weighted by molar-refractivity contribution is -0.140. The molecule has 3 aromatic rings. The van der Waals surface area contributed by atoms with Crippen LogP contribution in [-0.4, -0.2) is 44.3 Å². The van der Waals surface area contributed by atoms with E-state index in [1.165, 1.54) is 17.0 Å². The summed E-state index contributed by atoms with van der Waals surface area (Å²) < 4.78 is 28.7. The molecule has 0 saturated carbocycles. The van der Waals surface area contributed by atoms with E-state index in [-0.39, 0.29) is 17.3 Å². The molecule has 1 N–H and O–H groups in total. The van der Waals surface area contributed by atoms with E-state index in [0.717, 1.165) is 21.0 Å². The summed E-state index contributed by atoms with van der Waals surface area (Å²) in [6, 6.07) is 19.6. The largest absolute Gasteiger partial charge is 0.355 e. The van der Waals surface area contributed by atoms with Gasteiger partial charge in [-0.3, -0.25) is 13.9 Å². The molecule has 2 amide bonds. The van der Waals surface area contributed by atoms with Crippen molar-refractivity contribution >= 4 is 39.1 Å². The molecule has 0 aliphatic heterocycles. The van der Waals surface area contributed by atoms with Crippen molar-refractivity contribution in [2.45, 2.75) is 51.6 Å². The number of carbonyl (C=O) groups excluding carboxylic acids is 2. The van der Waals surface area contributed by atoms with Gasteiger partial charge in [0.2, 0.25) is 11.8 Å². The van der Waals surface area contributed by atoms with Gasteiger partial charge in [0.1, 0.15) is 12.6 Å². The summed E-state index contributed by atoms with van der Waals surface area (Å²) in [7, 11) is -4.11. The Morgan fingerprint density at radius 1 is 0.921 bits per heavy atom. The summed E-state index contributed by atoms with van der Waals surface area (Å²) in [5, 5.41) is 3.25. The molecule has 0 aliphatic carbocycles. The Bertz CT molecular complexity index is 1360. The molecule has 0 radical (unpaired) electrons. The minimum atomic E-state index is -4.11. The first kappa shape index (κ1) is 29.2. The van der Waals surface area contributed by atoms with Gasteiger partial charge < -0.3 is 10.2 Å². The molecule has 0 aromatic heterocycles. The Hall–Kier alpha value is -3.36. The van der Waals surface area contributed by atoms with Crippen LogP contribution in [-0.2, 0) is 26.2 Å². The number of nitrogens with one attached hydrogen (secondary N) is 1. The third-order valence-electron chi connectivity index (χ3n) is 6.34. The van der Waals surface area contributed by atoms with Gasteiger partial charge in [0.15, 0.2) is 0 Å². The van der Waals surface area contributed by atoms with Gasteiger partial charge in [0, 0.05) is 18.1 Å². The second kappa shape index (κ2) is 12.9. The first-order chi connectivity index (χ1) is 18.1. The fraction of sp³-hybridized carbons (Fsp3) is 0.310. The molecule has 38 heavy (non-hydrogen) atoms. The Kier molecular flexibility index (Phi) is 9.94. The number of benzene rings is 3. The molecular formula is C29H34ClN3O4S. The second-order valence-corrected chi connectivity index (χ2v) is 11.4. The summed E-state index contributed by atoms with van der Waals surface area (Å²) in [5.74, 6) is -0.770. The van der Waals surface area contributed by atoms with E-state index in [1.807, 2.05) is 52.0 Å². The zero-order valence-corrected chi connectivity index (χ0v) is 23.7. The molecule has 0 saturated heterocycles. The molecule has 3 aromatic carbocycles. The number of hydrogen-bond acceptors (Lipinski definition) is 4. The van der Waals surface area contributed by atoms with Gasteiger partial charge in [-0.2, -0.15) is 0 Å². The first-order valence-corrected chi connectivity index (χ1v) is 14.4. The molecule has 9 heteroatoms. The maximum absolute atomic E-state index is 14.0. The van der Waals surface area contributed by atoms with Crippen LogP contribution in [0, 0.1) is 13.8 Å². The maximum atomic E-state index is 14.0. The van der Waals surface area contributed by atoms with Crippen LogP contribution in [0.2, 0.25) is 5.02 Å². The third-order valence-corrected chi connectivity index (χ3v) is 8.38. The van der Waals surface area contributed by atoms with Crippen LogP contribution in [0.5, 0.6) is 0 Å². The smallest absolute Gasteiger partial charge is 0.264 e. The van der Waals surface area contributed by atoms with Crippen molar-refractivity contribution in [1.29, 1.82) is 0 Å². The summed E-state index contributed by atoms with van der Waals surface area (Å²) >= 11 is 6.06. The number of halogens is 1. The van der Waals surface area contributed by atoms with E-state index in [2.05, 4.69) is 5.32 Å². The van der Waals surface area contributed by atoms with Gasteiger partial charge in [-0.05, 0) is 74.7 Å². The van der Waals surface area contributed by atoms with Gasteiger partial charge in [-0.15, -0.1) is 0 Å². The highest BCUT2D eigenvalue weighted by Crippen LogP contribution is 2.26. The van der Waals surface area contributed by atoms with Gasteiger partial charge in [-0.1, -0.05) is 60.5 Å². The zero-order valence-electron chi connectivity index (χ0n) is 22.1. The number of amides is 2. The number of anilines is 1. The number of carbonyl (C=O) groups is 2. The monoisotopic (exact) mass is 555 g/mol. The van der Waals surface area contributed by atoms with Crippen molar-refractivity contribution in [3.05, 3.63) is 94.5 Å². The average Bonchev–Trinajstić information content (AvgIpc) is 2.89. The Balaban J connectivity index is 2.06. The molecule has 0 bridgehead atoms. The predicted molar refractivity (Wildman–Crippen MR) is 152 cm³/mol. The average molecular weight is 556 g/mol. The van der Waals surface area contributed by atoms with E-state index in [9.17, 15) is 18.0 Å². The molecule has 0 heterocycles. The van der Waals surface area contributed by atoms with Crippen LogP contribution in [0.4, 0.5) is 5.69 Å². The predicted octanol–water partition coefficient (Wildman–Crippen LogP) is 5.10. The number of rotatable bonds is 11. The number of hydrogen-bond donors (Lipinski definition) is 1. The highest BCUT2D eigenvalue weighted by molar-refractivity contribution is 7.92. The highest BCUT2D eigenvalue weighted by Gasteiger charge is 2.33. The Morgan fingerprint density at radius 3 is 2.13 bits per heavy atom. The summed E-state index contributed by atoms with van der Waals surface area (Å²) in [5.41, 5.74) is 3.06. The van der Waals surface area contributed by atoms with Crippen molar-refractivity contribution in [2.75, 3.05) is 17.4 Å². The molecule has 0 unspecified atom stereocenters. The third kappa shape index (κ3) is 6.94. The van der Waals surface area contributed by atoms with E-state index < -0.39 is 28.5 Å². The van der Waals surface area contributed by atoms with Crippen molar-refractivity contribution in [3.8, 4) is 0 Å². The fourth-order valence-corrected chi connectivity index (χ4v) is 5.70. The van der Waals surface area contributed by atoms with E-state index in [1.54, 1.807) is 36.4 Å². The van der Waals surface area contributed by atoms with E-state index in [0.29, 0.717) is 23.7 Å². The van der Waals surface area contributed by atoms with Crippen LogP contribution < -0.4 is 9.62 Å². The van der Waals surface area contributed by atoms with Crippen molar-refractivity contribution in [2.24, 2.45) is 0 Å². The number of aryl methyl sites for hydroxylation is 2. The van der Waals surface area contributed by atoms with E-state index >= 15 is 0 Å². The number of nitrogens with zero attached hydrogens (tertiary/aromatic N) is 2. The zero-order chi connectivity index (χ0) is 27.9. The molecule has 1 atom stereocenters. The van der Waals surface area contributed by atoms with Crippen LogP contribution in [0.25, 0.3) is 0 Å². The van der Waals surface area contributed by atoms with E-state index in [4.69, 9.17) is 11.6 Å². The topological polar surface area (TPSA) is 86.8 Å². The van der Waals surface area contributed by atoms with Gasteiger partial charge in [0.25, 0.3) is 10.0 Å². The molecule has 0 spiro atoms. The highest BCUT2D eigenvalue weighted by atomic mass is 35.5. The number of sulfonamides is 1. The minimum Gasteiger partial charge on any atom is -0.355 e. The van der Waals surface area contributed by atoms with Crippen molar-refractivity contribution in [3.63, 3.8) is 0 Å². The molecule has 0 aliphatic rings. The maximum Gasteiger partial charge on any atom is 0.264 e. The normalized spacial score (nSPS) is 12.0. The standard InChI is InChI=1S/C29H34ClN3O4S/c1-5-27(29(35)31-6-2)32(19-23-10-8-7-9-22(23)4)28(34)20-33(25-15-13-24(30)14-16-25)38(36,37)26-17-11-21(3)12-18-26/h7-18,27H,5-6,19-20H2,1-4H3,(H,31,35)/t27-/m0/s1. The van der Waals surface area contributed by atoms with Crippen molar-refractivity contribution in [1.82, 2.24) is 10.2 Å². The lowest BCUT2D eigenvalue weighted by atomic mass is 10.1. The summed E-state index contributed by atoms with van der Waals surface area (Å²) in [6.45, 7) is 7.55. The van der Waals surface area contributed by atoms with Crippen molar-refractivity contribution < 1.29 is 18.0 Å². The minimum absolute atomic E-state index is 0.0621. The van der Waals surface area contributed by atoms with Crippen LogP contribution in [0.1, 0.15) is 37.0 Å². The Morgan fingerprint density at radius 2 is 1.55 bits per heavy atom.